The van der Waals surface area contributed by atoms with E-state index in [0.29, 0.717) is 18.1 Å². The number of nitrogens with one attached hydrogen (secondary N) is 3. The van der Waals surface area contributed by atoms with E-state index >= 15 is 0 Å². The molecule has 4 rings (SSSR count). The highest BCUT2D eigenvalue weighted by Crippen LogP contribution is 2.36. The molecule has 168 valence electrons. The molecule has 0 spiro atoms. The molecule has 2 aromatic carbocycles. The van der Waals surface area contributed by atoms with E-state index in [9.17, 15) is 4.79 Å². The van der Waals surface area contributed by atoms with Crippen molar-refractivity contribution in [3.8, 4) is 11.4 Å². The minimum atomic E-state index is -0.0615. The lowest BCUT2D eigenvalue weighted by Gasteiger charge is -2.23. The summed E-state index contributed by atoms with van der Waals surface area (Å²) in [6, 6.07) is 18.3. The Labute approximate surface area is 193 Å². The molecule has 32 heavy (non-hydrogen) atoms. The Hall–Kier alpha value is -2.68. The van der Waals surface area contributed by atoms with Gasteiger partial charge in [0, 0.05) is 17.2 Å². The Balaban J connectivity index is 1.38. The van der Waals surface area contributed by atoms with Crippen LogP contribution in [0.1, 0.15) is 22.8 Å². The van der Waals surface area contributed by atoms with Gasteiger partial charge in [0.15, 0.2) is 5.82 Å². The van der Waals surface area contributed by atoms with Gasteiger partial charge in [0.05, 0.1) is 26.3 Å². The molecule has 8 heteroatoms. The largest absolute Gasteiger partial charge is 0.370 e. The van der Waals surface area contributed by atoms with Gasteiger partial charge >= 0.3 is 0 Å². The smallest absolute Gasteiger partial charge is 0.221 e. The van der Waals surface area contributed by atoms with Gasteiger partial charge in [0.1, 0.15) is 13.1 Å². The van der Waals surface area contributed by atoms with Crippen molar-refractivity contribution in [2.75, 3.05) is 39.4 Å². The fourth-order valence-electron chi connectivity index (χ4n) is 3.69. The fourth-order valence-corrected chi connectivity index (χ4v) is 4.72. The summed E-state index contributed by atoms with van der Waals surface area (Å²) in [7, 11) is 0. The number of aromatic nitrogens is 3. The summed E-state index contributed by atoms with van der Waals surface area (Å²) < 4.78 is 5.40. The first-order chi connectivity index (χ1) is 15.7. The van der Waals surface area contributed by atoms with Gasteiger partial charge in [-0.05, 0) is 12.5 Å². The molecule has 1 fully saturated rings. The lowest BCUT2D eigenvalue weighted by molar-refractivity contribution is -0.906. The van der Waals surface area contributed by atoms with Gasteiger partial charge in [-0.25, -0.2) is 4.98 Å². The molecule has 1 aliphatic heterocycles. The van der Waals surface area contributed by atoms with Crippen molar-refractivity contribution in [3.63, 3.8) is 0 Å². The maximum atomic E-state index is 12.7. The van der Waals surface area contributed by atoms with Gasteiger partial charge in [0.25, 0.3) is 0 Å². The van der Waals surface area contributed by atoms with Crippen molar-refractivity contribution in [1.29, 1.82) is 0 Å². The van der Waals surface area contributed by atoms with Crippen LogP contribution in [0.5, 0.6) is 0 Å². The number of benzene rings is 2. The number of quaternary nitrogens is 1. The summed E-state index contributed by atoms with van der Waals surface area (Å²) in [6.07, 6.45) is 0.377. The van der Waals surface area contributed by atoms with E-state index in [0.717, 1.165) is 49.8 Å². The van der Waals surface area contributed by atoms with Crippen LogP contribution in [0, 0.1) is 6.92 Å². The van der Waals surface area contributed by atoms with Gasteiger partial charge < -0.3 is 15.0 Å². The molecule has 1 aromatic heterocycles. The number of morpholine rings is 1. The zero-order chi connectivity index (χ0) is 22.2. The van der Waals surface area contributed by atoms with Gasteiger partial charge in [-0.2, -0.15) is 0 Å². The molecule has 0 bridgehead atoms. The van der Waals surface area contributed by atoms with Gasteiger partial charge in [-0.3, -0.25) is 9.89 Å². The molecule has 0 radical (unpaired) electrons. The standard InChI is InChI=1S/C24H29N5O2S/c1-18-7-9-20(10-8-18)23-26-24(28-27-23)32-21(19-5-3-2-4-6-19)17-22(30)25-11-12-29-13-15-31-16-14-29/h2-10,21H,11-17H2,1H3,(H,25,30)(H,26,27,28)/p+1. The van der Waals surface area contributed by atoms with Gasteiger partial charge in [-0.1, -0.05) is 71.9 Å². The molecule has 1 atom stereocenters. The average Bonchev–Trinajstić information content (AvgIpc) is 3.29. The molecule has 3 N–H and O–H groups in total. The van der Waals surface area contributed by atoms with E-state index in [4.69, 9.17) is 4.74 Å². The second-order valence-electron chi connectivity index (χ2n) is 8.02. The molecule has 0 aliphatic carbocycles. The number of hydrogen-bond acceptors (Lipinski definition) is 5. The van der Waals surface area contributed by atoms with Crippen molar-refractivity contribution in [1.82, 2.24) is 20.5 Å². The summed E-state index contributed by atoms with van der Waals surface area (Å²) >= 11 is 1.51. The summed E-state index contributed by atoms with van der Waals surface area (Å²) in [4.78, 5) is 18.8. The first kappa shape index (κ1) is 22.5. The number of hydrogen-bond donors (Lipinski definition) is 3. The number of nitrogens with zero attached hydrogens (tertiary/aromatic N) is 2. The lowest BCUT2D eigenvalue weighted by atomic mass is 10.1. The second-order valence-corrected chi connectivity index (χ2v) is 9.19. The highest BCUT2D eigenvalue weighted by Gasteiger charge is 2.21. The molecular weight excluding hydrogens is 422 g/mol. The van der Waals surface area contributed by atoms with Gasteiger partial charge in [-0.15, -0.1) is 5.10 Å². The number of aromatic amines is 1. The third-order valence-corrected chi connectivity index (χ3v) is 6.70. The maximum absolute atomic E-state index is 12.7. The van der Waals surface area contributed by atoms with Crippen LogP contribution in [0.15, 0.2) is 59.8 Å². The first-order valence-corrected chi connectivity index (χ1v) is 11.9. The normalized spacial score (nSPS) is 15.4. The number of amides is 1. The van der Waals surface area contributed by atoms with Crippen LogP contribution < -0.4 is 10.2 Å². The predicted molar refractivity (Wildman–Crippen MR) is 126 cm³/mol. The van der Waals surface area contributed by atoms with Crippen LogP contribution in [0.25, 0.3) is 11.4 Å². The number of aryl methyl sites for hydroxylation is 1. The molecule has 2 heterocycles. The number of carbonyl (C=O) groups excluding carboxylic acids is 1. The van der Waals surface area contributed by atoms with Crippen LogP contribution in [0.3, 0.4) is 0 Å². The number of ether oxygens (including phenoxy) is 1. The zero-order valence-electron chi connectivity index (χ0n) is 18.3. The molecule has 1 aliphatic rings. The lowest BCUT2D eigenvalue weighted by Crippen LogP contribution is -3.14. The van der Waals surface area contributed by atoms with E-state index in [1.54, 1.807) is 0 Å². The monoisotopic (exact) mass is 452 g/mol. The van der Waals surface area contributed by atoms with Gasteiger partial charge in [0.2, 0.25) is 11.1 Å². The van der Waals surface area contributed by atoms with E-state index < -0.39 is 0 Å². The number of thioether (sulfide) groups is 1. The molecule has 3 aromatic rings. The number of carbonyl (C=O) groups is 1. The third-order valence-electron chi connectivity index (χ3n) is 5.58. The first-order valence-electron chi connectivity index (χ1n) is 11.1. The Morgan fingerprint density at radius 3 is 2.66 bits per heavy atom. The Kier molecular flexibility index (Phi) is 7.92. The summed E-state index contributed by atoms with van der Waals surface area (Å²) in [5.41, 5.74) is 3.29. The Bertz CT molecular complexity index is 987. The molecular formula is C24H30N5O2S+. The van der Waals surface area contributed by atoms with Crippen molar-refractivity contribution in [2.45, 2.75) is 23.8 Å². The highest BCUT2D eigenvalue weighted by molar-refractivity contribution is 7.99. The quantitative estimate of drug-likeness (QED) is 0.433. The number of rotatable bonds is 9. The Morgan fingerprint density at radius 2 is 1.91 bits per heavy atom. The van der Waals surface area contributed by atoms with Crippen molar-refractivity contribution < 1.29 is 14.4 Å². The van der Waals surface area contributed by atoms with E-state index in [1.165, 1.54) is 22.2 Å². The maximum Gasteiger partial charge on any atom is 0.221 e. The highest BCUT2D eigenvalue weighted by atomic mass is 32.2. The summed E-state index contributed by atoms with van der Waals surface area (Å²) in [5.74, 6) is 0.783. The predicted octanol–water partition coefficient (Wildman–Crippen LogP) is 2.03. The van der Waals surface area contributed by atoms with Crippen LogP contribution in [-0.4, -0.2) is 60.5 Å². The van der Waals surface area contributed by atoms with Crippen molar-refractivity contribution in [2.24, 2.45) is 0 Å². The van der Waals surface area contributed by atoms with Crippen LogP contribution in [0.4, 0.5) is 0 Å². The molecule has 1 amide bonds. The minimum absolute atomic E-state index is 0.0494. The van der Waals surface area contributed by atoms with E-state index in [1.807, 2.05) is 30.3 Å². The average molecular weight is 453 g/mol. The molecule has 0 saturated carbocycles. The number of H-pyrrole nitrogens is 1. The second kappa shape index (κ2) is 11.3. The SMILES string of the molecule is Cc1ccc(-c2nc(SC(CC(=O)NCC[NH+]3CCOCC3)c3ccccc3)n[nH]2)cc1. The van der Waals surface area contributed by atoms with Crippen molar-refractivity contribution >= 4 is 17.7 Å². The zero-order valence-corrected chi connectivity index (χ0v) is 19.2. The van der Waals surface area contributed by atoms with Crippen LogP contribution in [0.2, 0.25) is 0 Å². The van der Waals surface area contributed by atoms with E-state index in [2.05, 4.69) is 51.7 Å². The molecule has 7 nitrogen and oxygen atoms in total. The van der Waals surface area contributed by atoms with Crippen LogP contribution in [-0.2, 0) is 9.53 Å². The third kappa shape index (κ3) is 6.41. The summed E-state index contributed by atoms with van der Waals surface area (Å²) in [6.45, 7) is 7.29. The fraction of sp³-hybridized carbons (Fsp3) is 0.375. The molecule has 1 unspecified atom stereocenters. The van der Waals surface area contributed by atoms with Crippen LogP contribution >= 0.6 is 11.8 Å². The van der Waals surface area contributed by atoms with E-state index in [-0.39, 0.29) is 11.2 Å². The summed E-state index contributed by atoms with van der Waals surface area (Å²) in [5, 5.41) is 11.1. The molecule has 1 saturated heterocycles. The Morgan fingerprint density at radius 1 is 1.16 bits per heavy atom. The topological polar surface area (TPSA) is 84.3 Å². The van der Waals surface area contributed by atoms with Crippen molar-refractivity contribution in [3.05, 3.63) is 65.7 Å². The minimum Gasteiger partial charge on any atom is -0.370 e.